The van der Waals surface area contributed by atoms with Gasteiger partial charge in [0.1, 0.15) is 11.3 Å². The molecule has 3 aromatic rings. The first-order chi connectivity index (χ1) is 11.1. The van der Waals surface area contributed by atoms with Gasteiger partial charge in [-0.25, -0.2) is 9.97 Å². The van der Waals surface area contributed by atoms with Crippen molar-refractivity contribution < 1.29 is 4.79 Å². The van der Waals surface area contributed by atoms with Crippen molar-refractivity contribution >= 4 is 40.0 Å². The SMILES string of the molecule is Cn1c(C2CCN(C(=O)c3ccc(Cl)s3)C2)nc2cccnc21. The molecular weight excluding hydrogens is 332 g/mol. The van der Waals surface area contributed by atoms with Crippen molar-refractivity contribution in [2.75, 3.05) is 13.1 Å². The number of carbonyl (C=O) groups excluding carboxylic acids is 1. The van der Waals surface area contributed by atoms with E-state index in [1.807, 2.05) is 28.6 Å². The molecule has 0 bridgehead atoms. The number of carbonyl (C=O) groups is 1. The lowest BCUT2D eigenvalue weighted by atomic mass is 10.1. The topological polar surface area (TPSA) is 51.0 Å². The van der Waals surface area contributed by atoms with E-state index in [-0.39, 0.29) is 11.8 Å². The Hall–Kier alpha value is -1.92. The number of halogens is 1. The molecule has 5 nitrogen and oxygen atoms in total. The lowest BCUT2D eigenvalue weighted by molar-refractivity contribution is 0.0795. The van der Waals surface area contributed by atoms with Crippen LogP contribution in [-0.4, -0.2) is 38.4 Å². The number of aryl methyl sites for hydroxylation is 1. The molecule has 1 amide bonds. The monoisotopic (exact) mass is 346 g/mol. The van der Waals surface area contributed by atoms with Gasteiger partial charge in [0, 0.05) is 32.3 Å². The van der Waals surface area contributed by atoms with Crippen molar-refractivity contribution in [3.8, 4) is 0 Å². The predicted octanol–water partition coefficient (Wildman–Crippen LogP) is 3.31. The standard InChI is InChI=1S/C16H15ClN4OS/c1-20-14(19-11-3-2-7-18-15(11)20)10-6-8-21(9-10)16(22)12-4-5-13(17)23-12/h2-5,7,10H,6,8-9H2,1H3. The average Bonchev–Trinajstić information content (AvgIpc) is 3.26. The van der Waals surface area contributed by atoms with Gasteiger partial charge in [0.15, 0.2) is 5.65 Å². The second kappa shape index (κ2) is 5.62. The third-order valence-electron chi connectivity index (χ3n) is 4.29. The molecule has 0 saturated carbocycles. The fourth-order valence-electron chi connectivity index (χ4n) is 3.15. The molecule has 4 rings (SSSR count). The van der Waals surface area contributed by atoms with Crippen LogP contribution in [0.1, 0.15) is 27.8 Å². The van der Waals surface area contributed by atoms with Crippen molar-refractivity contribution in [1.29, 1.82) is 0 Å². The molecule has 118 valence electrons. The second-order valence-electron chi connectivity index (χ2n) is 5.72. The zero-order valence-corrected chi connectivity index (χ0v) is 14.1. The molecule has 0 aromatic carbocycles. The maximum atomic E-state index is 12.5. The van der Waals surface area contributed by atoms with Gasteiger partial charge in [0.05, 0.1) is 9.21 Å². The molecule has 1 unspecified atom stereocenters. The quantitative estimate of drug-likeness (QED) is 0.715. The molecule has 23 heavy (non-hydrogen) atoms. The fourth-order valence-corrected chi connectivity index (χ4v) is 4.16. The molecule has 0 aliphatic carbocycles. The largest absolute Gasteiger partial charge is 0.337 e. The number of pyridine rings is 1. The molecule has 3 aromatic heterocycles. The Morgan fingerprint density at radius 3 is 3.00 bits per heavy atom. The van der Waals surface area contributed by atoms with E-state index in [9.17, 15) is 4.79 Å². The highest BCUT2D eigenvalue weighted by atomic mass is 35.5. The number of rotatable bonds is 2. The van der Waals surface area contributed by atoms with Crippen LogP contribution in [0.25, 0.3) is 11.2 Å². The van der Waals surface area contributed by atoms with Crippen molar-refractivity contribution in [3.63, 3.8) is 0 Å². The minimum atomic E-state index is 0.0567. The van der Waals surface area contributed by atoms with E-state index in [0.717, 1.165) is 30.0 Å². The number of amides is 1. The highest BCUT2D eigenvalue weighted by Gasteiger charge is 2.31. The lowest BCUT2D eigenvalue weighted by Crippen LogP contribution is -2.28. The minimum absolute atomic E-state index is 0.0567. The molecule has 4 heterocycles. The maximum Gasteiger partial charge on any atom is 0.263 e. The van der Waals surface area contributed by atoms with Crippen LogP contribution < -0.4 is 0 Å². The van der Waals surface area contributed by atoms with Crippen LogP contribution in [-0.2, 0) is 7.05 Å². The number of nitrogens with zero attached hydrogens (tertiary/aromatic N) is 4. The summed E-state index contributed by atoms with van der Waals surface area (Å²) in [6.07, 6.45) is 2.70. The Bertz CT molecular complexity index is 887. The Labute approximate surface area is 142 Å². The van der Waals surface area contributed by atoms with E-state index >= 15 is 0 Å². The van der Waals surface area contributed by atoms with Crippen LogP contribution in [0.2, 0.25) is 4.34 Å². The van der Waals surface area contributed by atoms with Gasteiger partial charge in [-0.3, -0.25) is 4.79 Å². The molecule has 0 radical (unpaired) electrons. The Kier molecular flexibility index (Phi) is 3.58. The van der Waals surface area contributed by atoms with E-state index in [4.69, 9.17) is 16.6 Å². The minimum Gasteiger partial charge on any atom is -0.337 e. The van der Waals surface area contributed by atoms with Gasteiger partial charge >= 0.3 is 0 Å². The van der Waals surface area contributed by atoms with E-state index < -0.39 is 0 Å². The molecule has 0 N–H and O–H groups in total. The van der Waals surface area contributed by atoms with Crippen molar-refractivity contribution in [2.24, 2.45) is 7.05 Å². The third-order valence-corrected chi connectivity index (χ3v) is 5.51. The summed E-state index contributed by atoms with van der Waals surface area (Å²) in [5, 5.41) is 0. The first-order valence-electron chi connectivity index (χ1n) is 7.45. The van der Waals surface area contributed by atoms with Crippen LogP contribution in [0.15, 0.2) is 30.5 Å². The first kappa shape index (κ1) is 14.7. The summed E-state index contributed by atoms with van der Waals surface area (Å²) in [6, 6.07) is 7.42. The van der Waals surface area contributed by atoms with Gasteiger partial charge < -0.3 is 9.47 Å². The molecule has 1 fully saturated rings. The van der Waals surface area contributed by atoms with Gasteiger partial charge in [-0.05, 0) is 30.7 Å². The maximum absolute atomic E-state index is 12.5. The molecule has 1 atom stereocenters. The molecule has 1 aliphatic rings. The van der Waals surface area contributed by atoms with Crippen molar-refractivity contribution in [3.05, 3.63) is 45.5 Å². The van der Waals surface area contributed by atoms with Gasteiger partial charge in [-0.1, -0.05) is 11.6 Å². The summed E-state index contributed by atoms with van der Waals surface area (Å²) in [6.45, 7) is 1.43. The normalized spacial score (nSPS) is 18.0. The summed E-state index contributed by atoms with van der Waals surface area (Å²) < 4.78 is 2.68. The second-order valence-corrected chi connectivity index (χ2v) is 7.43. The number of thiophene rings is 1. The summed E-state index contributed by atoms with van der Waals surface area (Å²) in [7, 11) is 1.99. The average molecular weight is 347 g/mol. The van der Waals surface area contributed by atoms with E-state index in [2.05, 4.69) is 4.98 Å². The summed E-state index contributed by atoms with van der Waals surface area (Å²) in [4.78, 5) is 24.2. The van der Waals surface area contributed by atoms with E-state index in [1.54, 1.807) is 18.3 Å². The highest BCUT2D eigenvalue weighted by molar-refractivity contribution is 7.17. The van der Waals surface area contributed by atoms with E-state index in [1.165, 1.54) is 11.3 Å². The van der Waals surface area contributed by atoms with Crippen molar-refractivity contribution in [1.82, 2.24) is 19.4 Å². The molecule has 1 aliphatic heterocycles. The number of likely N-dealkylation sites (tertiary alicyclic amines) is 1. The Balaban J connectivity index is 1.58. The Morgan fingerprint density at radius 2 is 2.26 bits per heavy atom. The van der Waals surface area contributed by atoms with Crippen LogP contribution >= 0.6 is 22.9 Å². The zero-order chi connectivity index (χ0) is 16.0. The summed E-state index contributed by atoms with van der Waals surface area (Å²) >= 11 is 7.26. The Morgan fingerprint density at radius 1 is 1.39 bits per heavy atom. The van der Waals surface area contributed by atoms with Crippen LogP contribution in [0.3, 0.4) is 0 Å². The van der Waals surface area contributed by atoms with Gasteiger partial charge in [0.2, 0.25) is 0 Å². The third kappa shape index (κ3) is 2.52. The number of imidazole rings is 1. The zero-order valence-electron chi connectivity index (χ0n) is 12.6. The van der Waals surface area contributed by atoms with Gasteiger partial charge in [-0.2, -0.15) is 0 Å². The van der Waals surface area contributed by atoms with Gasteiger partial charge in [0.25, 0.3) is 5.91 Å². The number of aromatic nitrogens is 3. The van der Waals surface area contributed by atoms with Crippen LogP contribution in [0.4, 0.5) is 0 Å². The highest BCUT2D eigenvalue weighted by Crippen LogP contribution is 2.30. The van der Waals surface area contributed by atoms with E-state index in [0.29, 0.717) is 15.8 Å². The molecular formula is C16H15ClN4OS. The molecule has 7 heteroatoms. The van der Waals surface area contributed by atoms with Gasteiger partial charge in [-0.15, -0.1) is 11.3 Å². The predicted molar refractivity (Wildman–Crippen MR) is 91.1 cm³/mol. The number of fused-ring (bicyclic) bond motifs is 1. The van der Waals surface area contributed by atoms with Crippen molar-refractivity contribution in [2.45, 2.75) is 12.3 Å². The smallest absolute Gasteiger partial charge is 0.263 e. The summed E-state index contributed by atoms with van der Waals surface area (Å²) in [5.74, 6) is 1.30. The fraction of sp³-hybridized carbons (Fsp3) is 0.312. The molecule has 0 spiro atoms. The van der Waals surface area contributed by atoms with Crippen LogP contribution in [0.5, 0.6) is 0 Å². The number of hydrogen-bond donors (Lipinski definition) is 0. The first-order valence-corrected chi connectivity index (χ1v) is 8.65. The molecule has 1 saturated heterocycles. The summed E-state index contributed by atoms with van der Waals surface area (Å²) in [5.41, 5.74) is 1.79. The number of hydrogen-bond acceptors (Lipinski definition) is 4. The lowest BCUT2D eigenvalue weighted by Gasteiger charge is -2.15. The van der Waals surface area contributed by atoms with Crippen LogP contribution in [0, 0.1) is 0 Å².